The average molecular weight is 517 g/mol. The summed E-state index contributed by atoms with van der Waals surface area (Å²) in [7, 11) is 0. The average Bonchev–Trinajstić information content (AvgIpc) is 3.48. The Labute approximate surface area is 211 Å². The summed E-state index contributed by atoms with van der Waals surface area (Å²) in [6.45, 7) is 3.69. The molecule has 1 aromatic carbocycles. The van der Waals surface area contributed by atoms with Gasteiger partial charge < -0.3 is 5.73 Å². The lowest BCUT2D eigenvalue weighted by Gasteiger charge is -2.18. The summed E-state index contributed by atoms with van der Waals surface area (Å²) >= 11 is 1.45. The number of hydrogen-bond donors (Lipinski definition) is 1. The summed E-state index contributed by atoms with van der Waals surface area (Å²) in [4.78, 5) is 32.0. The van der Waals surface area contributed by atoms with E-state index in [1.54, 1.807) is 23.9 Å². The van der Waals surface area contributed by atoms with Gasteiger partial charge in [0.1, 0.15) is 35.1 Å². The van der Waals surface area contributed by atoms with Crippen LogP contribution in [0.4, 0.5) is 14.6 Å². The van der Waals surface area contributed by atoms with Crippen molar-refractivity contribution >= 4 is 33.8 Å². The molecule has 0 saturated carbocycles. The molecule has 5 aromatic heterocycles. The van der Waals surface area contributed by atoms with E-state index >= 15 is 0 Å². The van der Waals surface area contributed by atoms with Crippen LogP contribution in [0.5, 0.6) is 0 Å². The van der Waals surface area contributed by atoms with Crippen LogP contribution in [0.2, 0.25) is 0 Å². The molecule has 1 atom stereocenters. The fraction of sp³-hybridized carbons (Fsp3) is 0.120. The monoisotopic (exact) mass is 516 g/mol. The van der Waals surface area contributed by atoms with E-state index in [-0.39, 0.29) is 17.0 Å². The quantitative estimate of drug-likeness (QED) is 0.369. The first kappa shape index (κ1) is 22.9. The van der Waals surface area contributed by atoms with Gasteiger partial charge >= 0.3 is 0 Å². The number of halogens is 2. The number of anilines is 1. The predicted molar refractivity (Wildman–Crippen MR) is 136 cm³/mol. The molecule has 0 radical (unpaired) electrons. The van der Waals surface area contributed by atoms with E-state index in [1.807, 2.05) is 6.92 Å². The Hall–Kier alpha value is -4.58. The van der Waals surface area contributed by atoms with E-state index in [2.05, 4.69) is 15.0 Å². The first-order chi connectivity index (χ1) is 17.8. The lowest BCUT2D eigenvalue weighted by Crippen LogP contribution is -2.23. The van der Waals surface area contributed by atoms with Crippen LogP contribution in [0.1, 0.15) is 23.7 Å². The van der Waals surface area contributed by atoms with Crippen LogP contribution >= 0.6 is 11.3 Å². The molecule has 6 aromatic rings. The maximum atomic E-state index is 14.2. The minimum Gasteiger partial charge on any atom is -0.383 e. The predicted octanol–water partition coefficient (Wildman–Crippen LogP) is 4.40. The molecule has 0 amide bonds. The Kier molecular flexibility index (Phi) is 5.26. The van der Waals surface area contributed by atoms with Crippen molar-refractivity contribution in [3.8, 4) is 21.7 Å². The second kappa shape index (κ2) is 8.52. The van der Waals surface area contributed by atoms with E-state index in [4.69, 9.17) is 15.8 Å². The van der Waals surface area contributed by atoms with E-state index in [1.165, 1.54) is 48.0 Å². The van der Waals surface area contributed by atoms with Gasteiger partial charge in [0, 0.05) is 12.4 Å². The second-order valence-corrected chi connectivity index (χ2v) is 9.67. The van der Waals surface area contributed by atoms with Crippen LogP contribution < -0.4 is 11.3 Å². The fourth-order valence-corrected chi connectivity index (χ4v) is 5.14. The second-order valence-electron chi connectivity index (χ2n) is 8.43. The van der Waals surface area contributed by atoms with Crippen molar-refractivity contribution in [3.63, 3.8) is 0 Å². The molecule has 184 valence electrons. The molecule has 0 fully saturated rings. The number of aromatic nitrogens is 7. The van der Waals surface area contributed by atoms with Crippen molar-refractivity contribution in [1.82, 2.24) is 34.1 Å². The molecule has 12 heteroatoms. The summed E-state index contributed by atoms with van der Waals surface area (Å²) in [5.41, 5.74) is 7.66. The normalized spacial score (nSPS) is 12.4. The smallest absolute Gasteiger partial charge is 0.266 e. The van der Waals surface area contributed by atoms with Gasteiger partial charge in [-0.3, -0.25) is 9.20 Å². The van der Waals surface area contributed by atoms with Gasteiger partial charge in [0.25, 0.3) is 5.56 Å². The largest absolute Gasteiger partial charge is 0.383 e. The van der Waals surface area contributed by atoms with Crippen molar-refractivity contribution in [2.75, 3.05) is 5.73 Å². The number of fused-ring (bicyclic) bond motifs is 2. The number of aryl methyl sites for hydroxylation is 1. The number of hydrogen-bond acceptors (Lipinski definition) is 8. The SMILES string of the molecule is Cc1ncc(-c2nn([C@@H](C)c3nc4ccc(F)cn4c(=O)c3-c3cccc(F)c3)c3ncnc(N)c23)s1. The van der Waals surface area contributed by atoms with Crippen molar-refractivity contribution in [2.45, 2.75) is 19.9 Å². The Bertz CT molecular complexity index is 1890. The van der Waals surface area contributed by atoms with Crippen molar-refractivity contribution in [2.24, 2.45) is 0 Å². The van der Waals surface area contributed by atoms with E-state index < -0.39 is 23.2 Å². The van der Waals surface area contributed by atoms with Crippen LogP contribution in [0, 0.1) is 18.6 Å². The number of benzene rings is 1. The molecule has 0 aliphatic rings. The summed E-state index contributed by atoms with van der Waals surface area (Å²) in [6, 6.07) is 7.61. The highest BCUT2D eigenvalue weighted by Gasteiger charge is 2.26. The van der Waals surface area contributed by atoms with Crippen LogP contribution in [-0.2, 0) is 0 Å². The highest BCUT2D eigenvalue weighted by molar-refractivity contribution is 7.15. The molecule has 0 unspecified atom stereocenters. The molecule has 9 nitrogen and oxygen atoms in total. The van der Waals surface area contributed by atoms with Gasteiger partial charge in [0.05, 0.1) is 32.6 Å². The first-order valence-corrected chi connectivity index (χ1v) is 12.0. The molecule has 6 rings (SSSR count). The third-order valence-electron chi connectivity index (χ3n) is 6.06. The molecular formula is C25H18F2N8OS. The first-order valence-electron chi connectivity index (χ1n) is 11.2. The molecule has 0 aliphatic carbocycles. The van der Waals surface area contributed by atoms with E-state index in [9.17, 15) is 13.6 Å². The Morgan fingerprint density at radius 2 is 1.92 bits per heavy atom. The van der Waals surface area contributed by atoms with Crippen LogP contribution in [0.3, 0.4) is 0 Å². The van der Waals surface area contributed by atoms with E-state index in [0.29, 0.717) is 28.0 Å². The summed E-state index contributed by atoms with van der Waals surface area (Å²) in [6.07, 6.45) is 4.10. The lowest BCUT2D eigenvalue weighted by atomic mass is 10.0. The minimum absolute atomic E-state index is 0.121. The third kappa shape index (κ3) is 3.73. The zero-order valence-corrected chi connectivity index (χ0v) is 20.4. The Morgan fingerprint density at radius 1 is 1.08 bits per heavy atom. The van der Waals surface area contributed by atoms with Gasteiger partial charge in [0.15, 0.2) is 5.65 Å². The standard InChI is InChI=1S/C25H18F2N8OS/c1-12(35-24-20(23(28)30-11-31-24)22(33-35)17-9-29-13(2)37-17)21-19(14-4-3-5-15(26)8-14)25(36)34-10-16(27)6-7-18(34)32-21/h3-12H,1-2H3,(H2,28,30,31)/t12-/m0/s1. The Morgan fingerprint density at radius 3 is 2.68 bits per heavy atom. The lowest BCUT2D eigenvalue weighted by molar-refractivity contribution is 0.566. The van der Waals surface area contributed by atoms with Gasteiger partial charge in [-0.05, 0) is 43.7 Å². The van der Waals surface area contributed by atoms with Crippen molar-refractivity contribution in [1.29, 1.82) is 0 Å². The highest BCUT2D eigenvalue weighted by atomic mass is 32.1. The molecule has 5 heterocycles. The maximum Gasteiger partial charge on any atom is 0.266 e. The van der Waals surface area contributed by atoms with Crippen molar-refractivity contribution in [3.05, 3.63) is 87.8 Å². The minimum atomic E-state index is -0.652. The van der Waals surface area contributed by atoms with Crippen LogP contribution in [0.25, 0.3) is 38.4 Å². The van der Waals surface area contributed by atoms with E-state index in [0.717, 1.165) is 20.5 Å². The third-order valence-corrected chi connectivity index (χ3v) is 6.98. The molecule has 0 spiro atoms. The highest BCUT2D eigenvalue weighted by Crippen LogP contribution is 2.36. The number of nitrogens with two attached hydrogens (primary N) is 1. The molecule has 0 aliphatic heterocycles. The number of thiazole rings is 1. The number of rotatable bonds is 4. The van der Waals surface area contributed by atoms with Gasteiger partial charge in [-0.15, -0.1) is 11.3 Å². The summed E-state index contributed by atoms with van der Waals surface area (Å²) < 4.78 is 31.0. The molecule has 0 bridgehead atoms. The van der Waals surface area contributed by atoms with Crippen molar-refractivity contribution < 1.29 is 8.78 Å². The van der Waals surface area contributed by atoms with Crippen LogP contribution in [0.15, 0.2) is 59.9 Å². The zero-order chi connectivity index (χ0) is 25.8. The molecule has 2 N–H and O–H groups in total. The fourth-order valence-electron chi connectivity index (χ4n) is 4.37. The van der Waals surface area contributed by atoms with Crippen LogP contribution in [-0.4, -0.2) is 34.1 Å². The number of nitrogen functional groups attached to an aromatic ring is 1. The molecule has 37 heavy (non-hydrogen) atoms. The Balaban J connectivity index is 1.65. The zero-order valence-electron chi connectivity index (χ0n) is 19.6. The van der Waals surface area contributed by atoms with Gasteiger partial charge in [-0.2, -0.15) is 5.10 Å². The van der Waals surface area contributed by atoms with Gasteiger partial charge in [-0.1, -0.05) is 12.1 Å². The van der Waals surface area contributed by atoms with Gasteiger partial charge in [-0.25, -0.2) is 33.4 Å². The number of pyridine rings is 1. The topological polar surface area (TPSA) is 117 Å². The maximum absolute atomic E-state index is 14.2. The molecule has 0 saturated heterocycles. The number of nitrogens with zero attached hydrogens (tertiary/aromatic N) is 7. The summed E-state index contributed by atoms with van der Waals surface area (Å²) in [5.74, 6) is -0.873. The van der Waals surface area contributed by atoms with Gasteiger partial charge in [0.2, 0.25) is 0 Å². The summed E-state index contributed by atoms with van der Waals surface area (Å²) in [5, 5.41) is 6.21. The molecular weight excluding hydrogens is 498 g/mol.